The van der Waals surface area contributed by atoms with E-state index in [0.717, 1.165) is 28.6 Å². The number of hydrogen-bond acceptors (Lipinski definition) is 5. The van der Waals surface area contributed by atoms with Gasteiger partial charge in [0, 0.05) is 18.0 Å². The van der Waals surface area contributed by atoms with Gasteiger partial charge in [0.15, 0.2) is 0 Å². The number of rotatable bonds is 5. The van der Waals surface area contributed by atoms with Gasteiger partial charge in [0.1, 0.15) is 15.8 Å². The topological polar surface area (TPSA) is 101 Å². The Morgan fingerprint density at radius 1 is 1.37 bits per heavy atom. The number of benzene rings is 1. The Morgan fingerprint density at radius 3 is 2.81 bits per heavy atom. The zero-order valence-corrected chi connectivity index (χ0v) is 15.6. The van der Waals surface area contributed by atoms with Gasteiger partial charge in [-0.2, -0.15) is 5.26 Å². The molecule has 1 aromatic carbocycles. The number of fused-ring (bicyclic) bond motifs is 1. The summed E-state index contributed by atoms with van der Waals surface area (Å²) in [6, 6.07) is 10.9. The second-order valence-electron chi connectivity index (χ2n) is 6.85. The summed E-state index contributed by atoms with van der Waals surface area (Å²) in [6.07, 6.45) is 2.24. The van der Waals surface area contributed by atoms with Gasteiger partial charge in [-0.1, -0.05) is 12.1 Å². The number of nitrogens with one attached hydrogen (secondary N) is 1. The first-order chi connectivity index (χ1) is 13.0. The maximum absolute atomic E-state index is 12.4. The lowest BCUT2D eigenvalue weighted by atomic mass is 10.1. The SMILES string of the molecule is Cc1cccc(Nc2c(C(N)=O)sc3c2ccc(=O)n3CC2CC2)c1C#N. The van der Waals surface area contributed by atoms with Crippen LogP contribution in [0.4, 0.5) is 11.4 Å². The van der Waals surface area contributed by atoms with Crippen LogP contribution in [-0.4, -0.2) is 10.5 Å². The molecule has 0 bridgehead atoms. The van der Waals surface area contributed by atoms with Crippen LogP contribution >= 0.6 is 11.3 Å². The van der Waals surface area contributed by atoms with E-state index >= 15 is 0 Å². The molecule has 0 radical (unpaired) electrons. The lowest BCUT2D eigenvalue weighted by molar-refractivity contribution is 0.100. The van der Waals surface area contributed by atoms with Crippen molar-refractivity contribution in [3.63, 3.8) is 0 Å². The minimum Gasteiger partial charge on any atom is -0.365 e. The highest BCUT2D eigenvalue weighted by Crippen LogP contribution is 2.39. The Hall–Kier alpha value is -3.11. The van der Waals surface area contributed by atoms with E-state index in [0.29, 0.717) is 34.3 Å². The van der Waals surface area contributed by atoms with Crippen LogP contribution in [0.3, 0.4) is 0 Å². The molecular weight excluding hydrogens is 360 g/mol. The highest BCUT2D eigenvalue weighted by Gasteiger charge is 2.25. The summed E-state index contributed by atoms with van der Waals surface area (Å²) >= 11 is 1.22. The summed E-state index contributed by atoms with van der Waals surface area (Å²) < 4.78 is 1.73. The molecule has 136 valence electrons. The van der Waals surface area contributed by atoms with Gasteiger partial charge in [0.2, 0.25) is 0 Å². The largest absolute Gasteiger partial charge is 0.365 e. The van der Waals surface area contributed by atoms with E-state index in [1.807, 2.05) is 19.1 Å². The summed E-state index contributed by atoms with van der Waals surface area (Å²) in [6.45, 7) is 2.51. The van der Waals surface area contributed by atoms with Crippen LogP contribution in [0.5, 0.6) is 0 Å². The van der Waals surface area contributed by atoms with Crippen molar-refractivity contribution in [2.24, 2.45) is 11.7 Å². The van der Waals surface area contributed by atoms with Crippen LogP contribution in [0.15, 0.2) is 35.1 Å². The standard InChI is InChI=1S/C20H18N4O2S/c1-11-3-2-4-15(14(11)9-21)23-17-13-7-8-16(25)24(10-12-5-6-12)20(13)27-18(17)19(22)26/h2-4,7-8,12,23H,5-6,10H2,1H3,(H2,22,26). The first kappa shape index (κ1) is 17.3. The van der Waals surface area contributed by atoms with Crippen molar-refractivity contribution in [3.05, 3.63) is 56.7 Å². The van der Waals surface area contributed by atoms with Crippen LogP contribution in [0.2, 0.25) is 0 Å². The molecule has 1 saturated carbocycles. The number of aromatic nitrogens is 1. The molecule has 1 aliphatic carbocycles. The quantitative estimate of drug-likeness (QED) is 0.709. The van der Waals surface area contributed by atoms with Crippen LogP contribution in [0.25, 0.3) is 10.2 Å². The van der Waals surface area contributed by atoms with Gasteiger partial charge >= 0.3 is 0 Å². The second-order valence-corrected chi connectivity index (χ2v) is 7.85. The Balaban J connectivity index is 1.91. The summed E-state index contributed by atoms with van der Waals surface area (Å²) in [5.74, 6) is -0.0407. The van der Waals surface area contributed by atoms with Gasteiger partial charge in [0.25, 0.3) is 11.5 Å². The molecule has 27 heavy (non-hydrogen) atoms. The molecule has 0 atom stereocenters. The lowest BCUT2D eigenvalue weighted by Gasteiger charge is -2.11. The Bertz CT molecular complexity index is 1170. The van der Waals surface area contributed by atoms with Crippen molar-refractivity contribution < 1.29 is 4.79 Å². The van der Waals surface area contributed by atoms with Gasteiger partial charge in [0.05, 0.1) is 16.9 Å². The molecule has 4 rings (SSSR count). The van der Waals surface area contributed by atoms with Crippen molar-refractivity contribution in [3.8, 4) is 6.07 Å². The third kappa shape index (κ3) is 3.09. The van der Waals surface area contributed by atoms with Crippen LogP contribution in [0.1, 0.15) is 33.6 Å². The average molecular weight is 378 g/mol. The van der Waals surface area contributed by atoms with Gasteiger partial charge in [-0.05, 0) is 43.4 Å². The average Bonchev–Trinajstić information content (AvgIpc) is 3.38. The van der Waals surface area contributed by atoms with E-state index in [1.165, 1.54) is 17.4 Å². The molecule has 1 aliphatic rings. The molecule has 3 aromatic rings. The van der Waals surface area contributed by atoms with Crippen LogP contribution < -0.4 is 16.6 Å². The lowest BCUT2D eigenvalue weighted by Crippen LogP contribution is -2.19. The fourth-order valence-corrected chi connectivity index (χ4v) is 4.33. The summed E-state index contributed by atoms with van der Waals surface area (Å²) in [4.78, 5) is 25.5. The number of nitriles is 1. The van der Waals surface area contributed by atoms with E-state index in [4.69, 9.17) is 5.73 Å². The molecule has 3 N–H and O–H groups in total. The number of aryl methyl sites for hydroxylation is 1. The Labute approximate surface area is 159 Å². The van der Waals surface area contributed by atoms with Crippen LogP contribution in [-0.2, 0) is 6.54 Å². The number of pyridine rings is 1. The van der Waals surface area contributed by atoms with Crippen molar-refractivity contribution in [2.75, 3.05) is 5.32 Å². The fraction of sp³-hybridized carbons (Fsp3) is 0.250. The highest BCUT2D eigenvalue weighted by atomic mass is 32.1. The number of thiophene rings is 1. The number of nitrogens with two attached hydrogens (primary N) is 1. The third-order valence-electron chi connectivity index (χ3n) is 4.84. The number of hydrogen-bond donors (Lipinski definition) is 2. The minimum atomic E-state index is -0.560. The van der Waals surface area contributed by atoms with E-state index in [-0.39, 0.29) is 5.56 Å². The number of carbonyl (C=O) groups is 1. The number of anilines is 2. The van der Waals surface area contributed by atoms with E-state index in [9.17, 15) is 14.9 Å². The van der Waals surface area contributed by atoms with Crippen LogP contribution in [0, 0.1) is 24.2 Å². The Morgan fingerprint density at radius 2 is 2.15 bits per heavy atom. The van der Waals surface area contributed by atoms with Crippen molar-refractivity contribution >= 4 is 38.8 Å². The van der Waals surface area contributed by atoms with E-state index in [1.54, 1.807) is 16.7 Å². The van der Waals surface area contributed by atoms with Crippen molar-refractivity contribution in [1.82, 2.24) is 4.57 Å². The molecule has 0 saturated heterocycles. The highest BCUT2D eigenvalue weighted by molar-refractivity contribution is 7.21. The molecule has 7 heteroatoms. The smallest absolute Gasteiger partial charge is 0.261 e. The minimum absolute atomic E-state index is 0.0773. The van der Waals surface area contributed by atoms with Crippen molar-refractivity contribution in [2.45, 2.75) is 26.3 Å². The summed E-state index contributed by atoms with van der Waals surface area (Å²) in [7, 11) is 0. The molecule has 6 nitrogen and oxygen atoms in total. The number of primary amides is 1. The monoisotopic (exact) mass is 378 g/mol. The van der Waals surface area contributed by atoms with Crippen molar-refractivity contribution in [1.29, 1.82) is 5.26 Å². The van der Waals surface area contributed by atoms with Gasteiger partial charge in [-0.25, -0.2) is 0 Å². The molecule has 1 amide bonds. The molecule has 2 aromatic heterocycles. The fourth-order valence-electron chi connectivity index (χ4n) is 3.22. The number of amides is 1. The summed E-state index contributed by atoms with van der Waals surface area (Å²) in [5, 5.41) is 13.5. The maximum Gasteiger partial charge on any atom is 0.261 e. The zero-order valence-electron chi connectivity index (χ0n) is 14.8. The normalized spacial score (nSPS) is 13.5. The predicted molar refractivity (Wildman–Crippen MR) is 107 cm³/mol. The number of carbonyl (C=O) groups excluding carboxylic acids is 1. The molecule has 0 aliphatic heterocycles. The molecule has 0 unspecified atom stereocenters. The van der Waals surface area contributed by atoms with Gasteiger partial charge in [-0.15, -0.1) is 11.3 Å². The molecule has 2 heterocycles. The third-order valence-corrected chi connectivity index (χ3v) is 6.08. The first-order valence-electron chi connectivity index (χ1n) is 8.72. The zero-order chi connectivity index (χ0) is 19.1. The Kier molecular flexibility index (Phi) is 4.21. The van der Waals surface area contributed by atoms with E-state index in [2.05, 4.69) is 11.4 Å². The second kappa shape index (κ2) is 6.56. The molecular formula is C20H18N4O2S. The van der Waals surface area contributed by atoms with Gasteiger partial charge < -0.3 is 11.1 Å². The van der Waals surface area contributed by atoms with E-state index < -0.39 is 5.91 Å². The molecule has 1 fully saturated rings. The van der Waals surface area contributed by atoms with Gasteiger partial charge in [-0.3, -0.25) is 14.2 Å². The first-order valence-corrected chi connectivity index (χ1v) is 9.54. The molecule has 0 spiro atoms. The maximum atomic E-state index is 12.4. The number of nitrogens with zero attached hydrogens (tertiary/aromatic N) is 2. The predicted octanol–water partition coefficient (Wildman–Crippen LogP) is 3.50. The summed E-state index contributed by atoms with van der Waals surface area (Å²) in [5.41, 5.74) is 8.05.